The quantitative estimate of drug-likeness (QED) is 0.709. The van der Waals surface area contributed by atoms with Crippen molar-refractivity contribution in [2.45, 2.75) is 25.3 Å². The summed E-state index contributed by atoms with van der Waals surface area (Å²) in [4.78, 5) is 24.9. The molecule has 5 nitrogen and oxygen atoms in total. The van der Waals surface area contributed by atoms with Crippen LogP contribution in [0.25, 0.3) is 0 Å². The molecule has 0 aliphatic heterocycles. The topological polar surface area (TPSA) is 67.4 Å². The van der Waals surface area contributed by atoms with E-state index in [-0.39, 0.29) is 18.4 Å². The molecule has 0 atom stereocenters. The van der Waals surface area contributed by atoms with Crippen LogP contribution in [0.5, 0.6) is 0 Å². The second-order valence-electron chi connectivity index (χ2n) is 6.33. The fraction of sp³-hybridized carbons (Fsp3) is 0.300. The van der Waals surface area contributed by atoms with Gasteiger partial charge in [0.1, 0.15) is 5.54 Å². The molecule has 0 radical (unpaired) electrons. The minimum atomic E-state index is -0.892. The van der Waals surface area contributed by atoms with Crippen molar-refractivity contribution in [2.75, 3.05) is 18.5 Å². The number of rotatable bonds is 6. The molecule has 1 aliphatic rings. The average molecular weight is 417 g/mol. The molecule has 6 heteroatoms. The fourth-order valence-corrected chi connectivity index (χ4v) is 3.48. The van der Waals surface area contributed by atoms with Crippen molar-refractivity contribution >= 4 is 33.5 Å². The largest absolute Gasteiger partial charge is 0.465 e. The van der Waals surface area contributed by atoms with Crippen LogP contribution in [0, 0.1) is 0 Å². The Bertz CT molecular complexity index is 780. The fourth-order valence-electron chi connectivity index (χ4n) is 3.21. The maximum absolute atomic E-state index is 12.6. The second-order valence-corrected chi connectivity index (χ2v) is 7.25. The van der Waals surface area contributed by atoms with Gasteiger partial charge in [0.2, 0.25) is 5.91 Å². The molecule has 2 aromatic carbocycles. The Morgan fingerprint density at radius 2 is 1.69 bits per heavy atom. The van der Waals surface area contributed by atoms with Gasteiger partial charge in [-0.1, -0.05) is 40.2 Å². The highest BCUT2D eigenvalue weighted by Gasteiger charge is 2.45. The minimum Gasteiger partial charge on any atom is -0.465 e. The third-order valence-electron chi connectivity index (χ3n) is 4.48. The van der Waals surface area contributed by atoms with Crippen molar-refractivity contribution in [3.8, 4) is 0 Å². The van der Waals surface area contributed by atoms with Gasteiger partial charge in [0.05, 0.1) is 13.2 Å². The van der Waals surface area contributed by atoms with Crippen LogP contribution in [0.2, 0.25) is 0 Å². The lowest BCUT2D eigenvalue weighted by molar-refractivity contribution is -0.151. The average Bonchev–Trinajstić information content (AvgIpc) is 3.02. The van der Waals surface area contributed by atoms with Crippen LogP contribution in [0.4, 0.5) is 5.69 Å². The molecule has 2 N–H and O–H groups in total. The molecule has 2 aromatic rings. The number of anilines is 1. The van der Waals surface area contributed by atoms with Crippen molar-refractivity contribution in [3.63, 3.8) is 0 Å². The Labute approximate surface area is 161 Å². The Hall–Kier alpha value is -2.18. The van der Waals surface area contributed by atoms with E-state index in [4.69, 9.17) is 4.74 Å². The molecule has 0 spiro atoms. The summed E-state index contributed by atoms with van der Waals surface area (Å²) >= 11 is 3.36. The van der Waals surface area contributed by atoms with Crippen LogP contribution in [0.3, 0.4) is 0 Å². The number of hydrogen-bond acceptors (Lipinski definition) is 4. The van der Waals surface area contributed by atoms with Gasteiger partial charge in [-0.15, -0.1) is 0 Å². The Morgan fingerprint density at radius 3 is 2.27 bits per heavy atom. The monoisotopic (exact) mass is 416 g/mol. The highest BCUT2D eigenvalue weighted by atomic mass is 79.9. The SMILES string of the molecule is CCOC(=O)C1(NCC(=O)Nc2ccc(Br)cc2)Cc2ccccc2C1. The molecule has 0 fully saturated rings. The summed E-state index contributed by atoms with van der Waals surface area (Å²) < 4.78 is 6.23. The molecule has 1 amide bonds. The summed E-state index contributed by atoms with van der Waals surface area (Å²) in [5, 5.41) is 5.99. The molecule has 0 aromatic heterocycles. The second kappa shape index (κ2) is 8.01. The number of hydrogen-bond donors (Lipinski definition) is 2. The zero-order valence-corrected chi connectivity index (χ0v) is 16.1. The smallest absolute Gasteiger partial charge is 0.327 e. The number of halogens is 1. The summed E-state index contributed by atoms with van der Waals surface area (Å²) in [5.74, 6) is -0.514. The first-order chi connectivity index (χ1) is 12.5. The summed E-state index contributed by atoms with van der Waals surface area (Å²) in [6.45, 7) is 2.13. The predicted octanol–water partition coefficient (Wildman–Crippen LogP) is 3.08. The highest BCUT2D eigenvalue weighted by Crippen LogP contribution is 2.31. The third kappa shape index (κ3) is 4.14. The number of benzene rings is 2. The van der Waals surface area contributed by atoms with Crippen molar-refractivity contribution in [3.05, 3.63) is 64.1 Å². The lowest BCUT2D eigenvalue weighted by Gasteiger charge is -2.27. The standard InChI is InChI=1S/C20H21BrN2O3/c1-2-26-19(25)20(11-14-5-3-4-6-15(14)12-20)22-13-18(24)23-17-9-7-16(21)8-10-17/h3-10,22H,2,11-13H2,1H3,(H,23,24). The summed E-state index contributed by atoms with van der Waals surface area (Å²) in [6.07, 6.45) is 1.04. The molecule has 26 heavy (non-hydrogen) atoms. The van der Waals surface area contributed by atoms with Gasteiger partial charge in [0.25, 0.3) is 0 Å². The normalized spacial score (nSPS) is 14.5. The van der Waals surface area contributed by atoms with Crippen LogP contribution in [-0.2, 0) is 27.2 Å². The zero-order valence-electron chi connectivity index (χ0n) is 14.5. The summed E-state index contributed by atoms with van der Waals surface area (Å²) in [6, 6.07) is 15.3. The van der Waals surface area contributed by atoms with Gasteiger partial charge in [-0.25, -0.2) is 0 Å². The maximum Gasteiger partial charge on any atom is 0.327 e. The molecule has 3 rings (SSSR count). The van der Waals surface area contributed by atoms with Crippen molar-refractivity contribution in [1.82, 2.24) is 5.32 Å². The number of ether oxygens (including phenoxy) is 1. The molecular formula is C20H21BrN2O3. The number of amides is 1. The Kier molecular flexibility index (Phi) is 5.74. The van der Waals surface area contributed by atoms with Gasteiger partial charge in [-0.05, 0) is 42.3 Å². The van der Waals surface area contributed by atoms with Crippen molar-refractivity contribution < 1.29 is 14.3 Å². The van der Waals surface area contributed by atoms with Crippen LogP contribution >= 0.6 is 15.9 Å². The van der Waals surface area contributed by atoms with Crippen molar-refractivity contribution in [1.29, 1.82) is 0 Å². The number of fused-ring (bicyclic) bond motifs is 1. The van der Waals surface area contributed by atoms with Crippen molar-refractivity contribution in [2.24, 2.45) is 0 Å². The van der Waals surface area contributed by atoms with Gasteiger partial charge in [-0.3, -0.25) is 14.9 Å². The van der Waals surface area contributed by atoms with E-state index < -0.39 is 5.54 Å². The lowest BCUT2D eigenvalue weighted by Crippen LogP contribution is -2.56. The van der Waals surface area contributed by atoms with E-state index in [0.717, 1.165) is 15.6 Å². The number of esters is 1. The van der Waals surface area contributed by atoms with E-state index in [1.54, 1.807) is 6.92 Å². The van der Waals surface area contributed by atoms with E-state index in [0.29, 0.717) is 25.1 Å². The molecule has 0 bridgehead atoms. The molecule has 0 saturated carbocycles. The zero-order chi connectivity index (χ0) is 18.6. The first kappa shape index (κ1) is 18.6. The van der Waals surface area contributed by atoms with E-state index in [1.807, 2.05) is 48.5 Å². The summed E-state index contributed by atoms with van der Waals surface area (Å²) in [5.41, 5.74) is 2.04. The molecule has 1 aliphatic carbocycles. The third-order valence-corrected chi connectivity index (χ3v) is 5.01. The Morgan fingerprint density at radius 1 is 1.08 bits per heavy atom. The first-order valence-electron chi connectivity index (χ1n) is 8.57. The molecular weight excluding hydrogens is 396 g/mol. The van der Waals surface area contributed by atoms with Gasteiger partial charge < -0.3 is 10.1 Å². The van der Waals surface area contributed by atoms with Crippen LogP contribution < -0.4 is 10.6 Å². The van der Waals surface area contributed by atoms with Crippen LogP contribution in [0.1, 0.15) is 18.1 Å². The first-order valence-corrected chi connectivity index (χ1v) is 9.36. The number of carbonyl (C=O) groups excluding carboxylic acids is 2. The van der Waals surface area contributed by atoms with E-state index >= 15 is 0 Å². The Balaban J connectivity index is 1.68. The minimum absolute atomic E-state index is 0.0306. The number of carbonyl (C=O) groups is 2. The van der Waals surface area contributed by atoms with Gasteiger partial charge in [-0.2, -0.15) is 0 Å². The lowest BCUT2D eigenvalue weighted by atomic mass is 9.95. The van der Waals surface area contributed by atoms with E-state index in [9.17, 15) is 9.59 Å². The van der Waals surface area contributed by atoms with Gasteiger partial charge >= 0.3 is 5.97 Å². The molecule has 0 unspecified atom stereocenters. The highest BCUT2D eigenvalue weighted by molar-refractivity contribution is 9.10. The maximum atomic E-state index is 12.6. The molecule has 136 valence electrons. The molecule has 0 saturated heterocycles. The van der Waals surface area contributed by atoms with E-state index in [1.165, 1.54) is 0 Å². The van der Waals surface area contributed by atoms with Crippen LogP contribution in [0.15, 0.2) is 53.0 Å². The number of nitrogens with one attached hydrogen (secondary N) is 2. The van der Waals surface area contributed by atoms with Crippen LogP contribution in [-0.4, -0.2) is 30.6 Å². The van der Waals surface area contributed by atoms with Gasteiger partial charge in [0, 0.05) is 23.0 Å². The molecule has 0 heterocycles. The predicted molar refractivity (Wildman–Crippen MR) is 104 cm³/mol. The summed E-state index contributed by atoms with van der Waals surface area (Å²) in [7, 11) is 0. The van der Waals surface area contributed by atoms with E-state index in [2.05, 4.69) is 26.6 Å². The van der Waals surface area contributed by atoms with Gasteiger partial charge in [0.15, 0.2) is 0 Å².